The molecule has 146 valence electrons. The molecule has 1 atom stereocenters. The number of esters is 2. The third-order valence-electron chi connectivity index (χ3n) is 3.80. The van der Waals surface area contributed by atoms with Crippen LogP contribution in [0.3, 0.4) is 0 Å². The molecule has 0 bridgehead atoms. The number of non-ortho nitro benzene ring substituents is 1. The molecule has 1 N–H and O–H groups in total. The summed E-state index contributed by atoms with van der Waals surface area (Å²) in [6, 6.07) is 11.9. The molecule has 0 saturated heterocycles. The number of rotatable bonds is 7. The van der Waals surface area contributed by atoms with Gasteiger partial charge in [0, 0.05) is 12.1 Å². The second-order valence-corrected chi connectivity index (χ2v) is 5.79. The Balaban J connectivity index is 2.04. The Morgan fingerprint density at radius 2 is 1.68 bits per heavy atom. The maximum atomic E-state index is 12.2. The lowest BCUT2D eigenvalue weighted by molar-refractivity contribution is -0.384. The highest BCUT2D eigenvalue weighted by Gasteiger charge is 2.20. The number of carbonyl (C=O) groups is 3. The molecule has 0 unspecified atom stereocenters. The number of nitrogens with one attached hydrogen (secondary N) is 1. The van der Waals surface area contributed by atoms with Gasteiger partial charge in [-0.2, -0.15) is 0 Å². The average molecular weight is 386 g/mol. The molecule has 0 spiro atoms. The van der Waals surface area contributed by atoms with Crippen LogP contribution in [-0.4, -0.2) is 36.5 Å². The van der Waals surface area contributed by atoms with Crippen LogP contribution in [0.5, 0.6) is 0 Å². The van der Waals surface area contributed by atoms with Gasteiger partial charge in [-0.05, 0) is 18.6 Å². The van der Waals surface area contributed by atoms with Crippen molar-refractivity contribution in [3.05, 3.63) is 75.3 Å². The smallest absolute Gasteiger partial charge is 0.338 e. The van der Waals surface area contributed by atoms with E-state index in [0.29, 0.717) is 0 Å². The third kappa shape index (κ3) is 5.37. The highest BCUT2D eigenvalue weighted by molar-refractivity contribution is 5.97. The van der Waals surface area contributed by atoms with Crippen molar-refractivity contribution in [1.82, 2.24) is 5.32 Å². The molecule has 2 rings (SSSR count). The van der Waals surface area contributed by atoms with Crippen LogP contribution in [0.1, 0.15) is 39.2 Å². The van der Waals surface area contributed by atoms with Gasteiger partial charge in [-0.3, -0.25) is 14.9 Å². The molecular weight excluding hydrogens is 368 g/mol. The van der Waals surface area contributed by atoms with Crippen molar-refractivity contribution in [2.24, 2.45) is 0 Å². The number of carbonyl (C=O) groups excluding carboxylic acids is 3. The Morgan fingerprint density at radius 1 is 1.07 bits per heavy atom. The lowest BCUT2D eigenvalue weighted by Gasteiger charge is -2.14. The molecule has 0 saturated carbocycles. The van der Waals surface area contributed by atoms with Crippen molar-refractivity contribution < 1.29 is 28.8 Å². The van der Waals surface area contributed by atoms with E-state index in [1.54, 1.807) is 6.92 Å². The Bertz CT molecular complexity index is 896. The third-order valence-corrected chi connectivity index (χ3v) is 3.80. The summed E-state index contributed by atoms with van der Waals surface area (Å²) in [5, 5.41) is 13.7. The van der Waals surface area contributed by atoms with Crippen LogP contribution in [0.4, 0.5) is 5.69 Å². The zero-order valence-corrected chi connectivity index (χ0v) is 15.2. The minimum atomic E-state index is -0.976. The number of methoxy groups -OCH3 is 1. The van der Waals surface area contributed by atoms with Gasteiger partial charge in [0.25, 0.3) is 11.6 Å². The number of hydrogen-bond acceptors (Lipinski definition) is 7. The van der Waals surface area contributed by atoms with E-state index >= 15 is 0 Å². The predicted molar refractivity (Wildman–Crippen MR) is 97.7 cm³/mol. The molecule has 1 amide bonds. The van der Waals surface area contributed by atoms with Gasteiger partial charge >= 0.3 is 11.9 Å². The standard InChI is InChI=1S/C19H18N2O7/c1-12(13-6-4-3-5-7-13)20-17(22)11-28-19(24)15-8-14(18(23)27-2)9-16(10-15)21(25)26/h3-10,12H,11H2,1-2H3,(H,20,22)/t12-/m0/s1. The maximum absolute atomic E-state index is 12.2. The number of amides is 1. The number of hydrogen-bond donors (Lipinski definition) is 1. The largest absolute Gasteiger partial charge is 0.465 e. The van der Waals surface area contributed by atoms with Crippen molar-refractivity contribution in [1.29, 1.82) is 0 Å². The number of nitro benzene ring substituents is 1. The molecule has 9 nitrogen and oxygen atoms in total. The quantitative estimate of drug-likeness (QED) is 0.440. The second kappa shape index (κ2) is 9.26. The van der Waals surface area contributed by atoms with Crippen molar-refractivity contribution in [2.45, 2.75) is 13.0 Å². The van der Waals surface area contributed by atoms with Crippen LogP contribution in [0, 0.1) is 10.1 Å². The predicted octanol–water partition coefficient (Wildman–Crippen LogP) is 2.42. The zero-order valence-electron chi connectivity index (χ0n) is 15.2. The Kier molecular flexibility index (Phi) is 6.80. The summed E-state index contributed by atoms with van der Waals surface area (Å²) in [5.74, 6) is -2.35. The molecule has 0 fully saturated rings. The van der Waals surface area contributed by atoms with Crippen LogP contribution in [0.15, 0.2) is 48.5 Å². The monoisotopic (exact) mass is 386 g/mol. The molecule has 2 aromatic rings. The van der Waals surface area contributed by atoms with Crippen LogP contribution < -0.4 is 5.32 Å². The first-order chi connectivity index (χ1) is 13.3. The van der Waals surface area contributed by atoms with E-state index < -0.39 is 35.1 Å². The van der Waals surface area contributed by atoms with E-state index in [4.69, 9.17) is 4.74 Å². The zero-order chi connectivity index (χ0) is 20.7. The van der Waals surface area contributed by atoms with Crippen LogP contribution in [0.2, 0.25) is 0 Å². The first-order valence-electron chi connectivity index (χ1n) is 8.21. The molecule has 0 heterocycles. The summed E-state index contributed by atoms with van der Waals surface area (Å²) >= 11 is 0. The van der Waals surface area contributed by atoms with Crippen molar-refractivity contribution in [2.75, 3.05) is 13.7 Å². The summed E-state index contributed by atoms with van der Waals surface area (Å²) in [7, 11) is 1.11. The highest BCUT2D eigenvalue weighted by atomic mass is 16.6. The van der Waals surface area contributed by atoms with Gasteiger partial charge in [0.1, 0.15) is 0 Å². The van der Waals surface area contributed by atoms with Crippen LogP contribution in [0.25, 0.3) is 0 Å². The Labute approximate surface area is 160 Å². The molecular formula is C19H18N2O7. The lowest BCUT2D eigenvalue weighted by atomic mass is 10.1. The average Bonchev–Trinajstić information content (AvgIpc) is 2.71. The molecule has 28 heavy (non-hydrogen) atoms. The first kappa shape index (κ1) is 20.6. The van der Waals surface area contributed by atoms with Crippen molar-refractivity contribution >= 4 is 23.5 Å². The SMILES string of the molecule is COC(=O)c1cc(C(=O)OCC(=O)N[C@@H](C)c2ccccc2)cc([N+](=O)[O-])c1. The van der Waals surface area contributed by atoms with E-state index in [9.17, 15) is 24.5 Å². The number of nitrogens with zero attached hydrogens (tertiary/aromatic N) is 1. The summed E-state index contributed by atoms with van der Waals surface area (Å²) in [5.41, 5.74) is -0.00936. The summed E-state index contributed by atoms with van der Waals surface area (Å²) < 4.78 is 9.42. The molecule has 0 aliphatic rings. The Hall–Kier alpha value is -3.75. The van der Waals surface area contributed by atoms with Gasteiger partial charge in [-0.15, -0.1) is 0 Å². The summed E-state index contributed by atoms with van der Waals surface area (Å²) in [4.78, 5) is 46.0. The van der Waals surface area contributed by atoms with E-state index in [-0.39, 0.29) is 17.2 Å². The van der Waals surface area contributed by atoms with E-state index in [0.717, 1.165) is 30.9 Å². The molecule has 0 aliphatic heterocycles. The number of nitro groups is 1. The molecule has 0 radical (unpaired) electrons. The maximum Gasteiger partial charge on any atom is 0.338 e. The van der Waals surface area contributed by atoms with Crippen molar-refractivity contribution in [3.63, 3.8) is 0 Å². The minimum absolute atomic E-state index is 0.175. The molecule has 0 aromatic heterocycles. The van der Waals surface area contributed by atoms with Gasteiger partial charge in [0.15, 0.2) is 6.61 Å². The van der Waals surface area contributed by atoms with Crippen molar-refractivity contribution in [3.8, 4) is 0 Å². The fourth-order valence-electron chi connectivity index (χ4n) is 2.39. The molecule has 9 heteroatoms. The van der Waals surface area contributed by atoms with Gasteiger partial charge in [-0.1, -0.05) is 30.3 Å². The lowest BCUT2D eigenvalue weighted by Crippen LogP contribution is -2.31. The Morgan fingerprint density at radius 3 is 2.25 bits per heavy atom. The topological polar surface area (TPSA) is 125 Å². The van der Waals surface area contributed by atoms with E-state index in [1.165, 1.54) is 0 Å². The first-order valence-corrected chi connectivity index (χ1v) is 8.21. The molecule has 2 aromatic carbocycles. The van der Waals surface area contributed by atoms with Gasteiger partial charge in [0.05, 0.1) is 29.2 Å². The fourth-order valence-corrected chi connectivity index (χ4v) is 2.39. The van der Waals surface area contributed by atoms with Crippen LogP contribution >= 0.6 is 0 Å². The number of ether oxygens (including phenoxy) is 2. The minimum Gasteiger partial charge on any atom is -0.465 e. The van der Waals surface area contributed by atoms with Gasteiger partial charge in [0.2, 0.25) is 0 Å². The highest BCUT2D eigenvalue weighted by Crippen LogP contribution is 2.19. The van der Waals surface area contributed by atoms with Gasteiger partial charge in [-0.25, -0.2) is 9.59 Å². The van der Waals surface area contributed by atoms with Crippen LogP contribution in [-0.2, 0) is 14.3 Å². The van der Waals surface area contributed by atoms with E-state index in [2.05, 4.69) is 10.1 Å². The van der Waals surface area contributed by atoms with E-state index in [1.807, 2.05) is 30.3 Å². The number of benzene rings is 2. The molecule has 0 aliphatic carbocycles. The normalized spacial score (nSPS) is 11.2. The van der Waals surface area contributed by atoms with Gasteiger partial charge < -0.3 is 14.8 Å². The second-order valence-electron chi connectivity index (χ2n) is 5.79. The summed E-state index contributed by atoms with van der Waals surface area (Å²) in [6.45, 7) is 1.20. The fraction of sp³-hybridized carbons (Fsp3) is 0.211. The summed E-state index contributed by atoms with van der Waals surface area (Å²) in [6.07, 6.45) is 0.